The van der Waals surface area contributed by atoms with Gasteiger partial charge in [0.2, 0.25) is 23.6 Å². The first-order chi connectivity index (χ1) is 11.1. The van der Waals surface area contributed by atoms with Gasteiger partial charge < -0.3 is 32.5 Å². The number of rotatable bonds is 10. The predicted molar refractivity (Wildman–Crippen MR) is 82.3 cm³/mol. The van der Waals surface area contributed by atoms with Gasteiger partial charge in [-0.3, -0.25) is 24.0 Å². The minimum absolute atomic E-state index is 0.0627. The second kappa shape index (κ2) is 10.2. The molecule has 0 aliphatic heterocycles. The van der Waals surface area contributed by atoms with Gasteiger partial charge in [0.25, 0.3) is 0 Å². The molecule has 3 atom stereocenters. The van der Waals surface area contributed by atoms with Crippen LogP contribution in [0.3, 0.4) is 0 Å². The number of carboxylic acid groups (broad SMARTS) is 1. The Hall–Kier alpha value is -2.69. The van der Waals surface area contributed by atoms with E-state index in [1.165, 1.54) is 13.8 Å². The molecule has 0 unspecified atom stereocenters. The van der Waals surface area contributed by atoms with Crippen molar-refractivity contribution in [2.75, 3.05) is 6.54 Å². The molecule has 4 amide bonds. The molecule has 0 radical (unpaired) electrons. The summed E-state index contributed by atoms with van der Waals surface area (Å²) in [6.45, 7) is 2.26. The molecule has 0 bridgehead atoms. The van der Waals surface area contributed by atoms with E-state index in [0.717, 1.165) is 0 Å². The maximum atomic E-state index is 12.1. The Bertz CT molecular complexity index is 509. The average molecular weight is 345 g/mol. The lowest BCUT2D eigenvalue weighted by atomic mass is 10.1. The molecule has 0 spiro atoms. The highest BCUT2D eigenvalue weighted by Gasteiger charge is 2.25. The summed E-state index contributed by atoms with van der Waals surface area (Å²) in [7, 11) is 0. The van der Waals surface area contributed by atoms with E-state index < -0.39 is 47.7 Å². The molecule has 136 valence electrons. The Balaban J connectivity index is 4.76. The fraction of sp³-hybridized carbons (Fsp3) is 0.615. The lowest BCUT2D eigenvalue weighted by Crippen LogP contribution is -2.55. The molecule has 0 aromatic carbocycles. The van der Waals surface area contributed by atoms with Gasteiger partial charge in [0.15, 0.2) is 0 Å². The predicted octanol–water partition coefficient (Wildman–Crippen LogP) is -3.21. The van der Waals surface area contributed by atoms with Crippen LogP contribution in [0, 0.1) is 0 Å². The van der Waals surface area contributed by atoms with Crippen molar-refractivity contribution in [3.8, 4) is 0 Å². The molecule has 11 nitrogen and oxygen atoms in total. The van der Waals surface area contributed by atoms with Crippen molar-refractivity contribution in [1.29, 1.82) is 0 Å². The Morgan fingerprint density at radius 1 is 0.958 bits per heavy atom. The summed E-state index contributed by atoms with van der Waals surface area (Å²) in [6, 6.07) is -3.27. The molecule has 0 heterocycles. The number of hydrogen-bond acceptors (Lipinski definition) is 6. The Kier molecular flexibility index (Phi) is 9.02. The lowest BCUT2D eigenvalue weighted by Gasteiger charge is -2.21. The quantitative estimate of drug-likeness (QED) is 0.240. The van der Waals surface area contributed by atoms with Crippen LogP contribution in [0.1, 0.15) is 26.7 Å². The summed E-state index contributed by atoms with van der Waals surface area (Å²) < 4.78 is 0. The summed E-state index contributed by atoms with van der Waals surface area (Å²) in [5.41, 5.74) is 10.2. The van der Waals surface area contributed by atoms with Crippen LogP contribution >= 0.6 is 0 Å². The number of nitrogens with one attached hydrogen (secondary N) is 3. The Labute approximate surface area is 138 Å². The van der Waals surface area contributed by atoms with Gasteiger partial charge in [-0.15, -0.1) is 0 Å². The number of amides is 4. The first kappa shape index (κ1) is 21.3. The van der Waals surface area contributed by atoms with E-state index in [9.17, 15) is 24.0 Å². The minimum Gasteiger partial charge on any atom is -0.480 e. The van der Waals surface area contributed by atoms with Crippen LogP contribution in [0.15, 0.2) is 0 Å². The molecule has 0 saturated heterocycles. The molecule has 0 fully saturated rings. The number of aliphatic carboxylic acids is 1. The van der Waals surface area contributed by atoms with Crippen molar-refractivity contribution >= 4 is 29.6 Å². The summed E-state index contributed by atoms with van der Waals surface area (Å²) >= 11 is 0. The highest BCUT2D eigenvalue weighted by atomic mass is 16.4. The topological polar surface area (TPSA) is 194 Å². The average Bonchev–Trinajstić information content (AvgIpc) is 2.50. The van der Waals surface area contributed by atoms with Crippen molar-refractivity contribution in [1.82, 2.24) is 16.0 Å². The summed E-state index contributed by atoms with van der Waals surface area (Å²) in [5.74, 6) is -3.93. The van der Waals surface area contributed by atoms with Crippen LogP contribution in [0.25, 0.3) is 0 Å². The Morgan fingerprint density at radius 3 is 1.96 bits per heavy atom. The number of carboxylic acids is 1. The van der Waals surface area contributed by atoms with Crippen molar-refractivity contribution in [3.63, 3.8) is 0 Å². The van der Waals surface area contributed by atoms with Crippen LogP contribution in [-0.4, -0.2) is 59.4 Å². The second-order valence-electron chi connectivity index (χ2n) is 5.13. The summed E-state index contributed by atoms with van der Waals surface area (Å²) in [5, 5.41) is 15.6. The molecule has 0 aromatic heterocycles. The molecule has 0 saturated carbocycles. The molecule has 24 heavy (non-hydrogen) atoms. The van der Waals surface area contributed by atoms with E-state index in [1.54, 1.807) is 0 Å². The van der Waals surface area contributed by atoms with Gasteiger partial charge >= 0.3 is 5.97 Å². The zero-order valence-electron chi connectivity index (χ0n) is 13.5. The third kappa shape index (κ3) is 8.08. The standard InChI is InChI=1S/C13H23N5O6/c1-6(11(21)17-7(2)13(23)24)16-12(22)8(3-4-9(15)19)18-10(20)5-14/h6-8H,3-5,14H2,1-2H3,(H2,15,19)(H,16,22)(H,17,21)(H,18,20)(H,23,24)/t6-,7-,8-/m0/s1. The SMILES string of the molecule is C[C@H](NC(=O)[C@H](C)NC(=O)[C@H](CCC(N)=O)NC(=O)CN)C(=O)O. The summed E-state index contributed by atoms with van der Waals surface area (Å²) in [6.07, 6.45) is -0.216. The molecule has 11 heteroatoms. The molecular weight excluding hydrogens is 322 g/mol. The maximum absolute atomic E-state index is 12.1. The van der Waals surface area contributed by atoms with Crippen LogP contribution in [0.5, 0.6) is 0 Å². The number of primary amides is 1. The van der Waals surface area contributed by atoms with Crippen molar-refractivity contribution in [2.45, 2.75) is 44.8 Å². The number of hydrogen-bond donors (Lipinski definition) is 6. The molecule has 0 aromatic rings. The lowest BCUT2D eigenvalue weighted by molar-refractivity contribution is -0.141. The fourth-order valence-electron chi connectivity index (χ4n) is 1.59. The third-order valence-corrected chi connectivity index (χ3v) is 3.00. The van der Waals surface area contributed by atoms with E-state index in [-0.39, 0.29) is 19.4 Å². The van der Waals surface area contributed by atoms with Crippen molar-refractivity contribution in [3.05, 3.63) is 0 Å². The maximum Gasteiger partial charge on any atom is 0.325 e. The highest BCUT2D eigenvalue weighted by molar-refractivity contribution is 5.93. The van der Waals surface area contributed by atoms with Crippen molar-refractivity contribution < 1.29 is 29.1 Å². The normalized spacial score (nSPS) is 14.0. The van der Waals surface area contributed by atoms with Gasteiger partial charge in [-0.25, -0.2) is 0 Å². The van der Waals surface area contributed by atoms with Crippen molar-refractivity contribution in [2.24, 2.45) is 11.5 Å². The number of carbonyl (C=O) groups is 5. The van der Waals surface area contributed by atoms with Gasteiger partial charge in [-0.2, -0.15) is 0 Å². The van der Waals surface area contributed by atoms with E-state index in [2.05, 4.69) is 16.0 Å². The van der Waals surface area contributed by atoms with Gasteiger partial charge in [0.1, 0.15) is 18.1 Å². The van der Waals surface area contributed by atoms with Gasteiger partial charge in [-0.1, -0.05) is 0 Å². The third-order valence-electron chi connectivity index (χ3n) is 3.00. The second-order valence-corrected chi connectivity index (χ2v) is 5.13. The van der Waals surface area contributed by atoms with Crippen LogP contribution in [0.4, 0.5) is 0 Å². The van der Waals surface area contributed by atoms with Gasteiger partial charge in [0.05, 0.1) is 6.54 Å². The minimum atomic E-state index is -1.23. The number of nitrogens with two attached hydrogens (primary N) is 2. The monoisotopic (exact) mass is 345 g/mol. The zero-order valence-corrected chi connectivity index (χ0v) is 13.5. The molecule has 8 N–H and O–H groups in total. The van der Waals surface area contributed by atoms with Crippen LogP contribution in [-0.2, 0) is 24.0 Å². The van der Waals surface area contributed by atoms with Crippen LogP contribution in [0.2, 0.25) is 0 Å². The first-order valence-corrected chi connectivity index (χ1v) is 7.19. The smallest absolute Gasteiger partial charge is 0.325 e. The number of carbonyl (C=O) groups excluding carboxylic acids is 4. The molecular formula is C13H23N5O6. The van der Waals surface area contributed by atoms with E-state index >= 15 is 0 Å². The van der Waals surface area contributed by atoms with E-state index in [4.69, 9.17) is 16.6 Å². The summed E-state index contributed by atoms with van der Waals surface area (Å²) in [4.78, 5) is 56.8. The van der Waals surface area contributed by atoms with Gasteiger partial charge in [-0.05, 0) is 20.3 Å². The van der Waals surface area contributed by atoms with E-state index in [0.29, 0.717) is 0 Å². The first-order valence-electron chi connectivity index (χ1n) is 7.19. The molecule has 0 rings (SSSR count). The molecule has 0 aliphatic rings. The Morgan fingerprint density at radius 2 is 1.50 bits per heavy atom. The largest absolute Gasteiger partial charge is 0.480 e. The fourth-order valence-corrected chi connectivity index (χ4v) is 1.59. The van der Waals surface area contributed by atoms with Gasteiger partial charge in [0, 0.05) is 6.42 Å². The molecule has 0 aliphatic carbocycles. The highest BCUT2D eigenvalue weighted by Crippen LogP contribution is 1.99. The zero-order chi connectivity index (χ0) is 18.9. The van der Waals surface area contributed by atoms with E-state index in [1.807, 2.05) is 0 Å². The van der Waals surface area contributed by atoms with Crippen LogP contribution < -0.4 is 27.4 Å².